The van der Waals surface area contributed by atoms with Gasteiger partial charge in [0, 0.05) is 17.6 Å². The van der Waals surface area contributed by atoms with Gasteiger partial charge in [-0.05, 0) is 19.4 Å². The minimum absolute atomic E-state index is 0.327. The number of nitrogens with one attached hydrogen (secondary N) is 1. The van der Waals surface area contributed by atoms with Gasteiger partial charge in [0.05, 0.1) is 6.61 Å². The van der Waals surface area contributed by atoms with Gasteiger partial charge in [-0.15, -0.1) is 0 Å². The normalized spacial score (nSPS) is 12.8. The largest absolute Gasteiger partial charge is 0.493 e. The highest BCUT2D eigenvalue weighted by Gasteiger charge is 2.11. The zero-order valence-electron chi connectivity index (χ0n) is 10.8. The number of benzene rings is 1. The van der Waals surface area contributed by atoms with Gasteiger partial charge in [-0.2, -0.15) is 0 Å². The van der Waals surface area contributed by atoms with Crippen LogP contribution in [0.15, 0.2) is 24.3 Å². The minimum atomic E-state index is 0.327. The van der Waals surface area contributed by atoms with Gasteiger partial charge in [0.15, 0.2) is 0 Å². The first-order chi connectivity index (χ1) is 7.65. The summed E-state index contributed by atoms with van der Waals surface area (Å²) < 4.78 is 5.75. The van der Waals surface area contributed by atoms with E-state index in [-0.39, 0.29) is 0 Å². The zero-order chi connectivity index (χ0) is 12.0. The summed E-state index contributed by atoms with van der Waals surface area (Å²) in [4.78, 5) is 0. The van der Waals surface area contributed by atoms with Crippen molar-refractivity contribution in [2.24, 2.45) is 0 Å². The van der Waals surface area contributed by atoms with E-state index in [9.17, 15) is 0 Å². The first-order valence-electron chi connectivity index (χ1n) is 6.13. The van der Waals surface area contributed by atoms with Crippen LogP contribution in [0.1, 0.15) is 45.7 Å². The Hall–Kier alpha value is -1.02. The fourth-order valence-corrected chi connectivity index (χ4v) is 1.77. The average Bonchev–Trinajstić information content (AvgIpc) is 2.25. The lowest BCUT2D eigenvalue weighted by Gasteiger charge is -2.20. The Morgan fingerprint density at radius 1 is 1.19 bits per heavy atom. The molecule has 0 heterocycles. The van der Waals surface area contributed by atoms with E-state index in [2.05, 4.69) is 45.1 Å². The molecule has 1 N–H and O–H groups in total. The maximum absolute atomic E-state index is 5.75. The fourth-order valence-electron chi connectivity index (χ4n) is 1.77. The Morgan fingerprint density at radius 2 is 1.88 bits per heavy atom. The number of ether oxygens (including phenoxy) is 1. The van der Waals surface area contributed by atoms with Gasteiger partial charge in [-0.3, -0.25) is 0 Å². The van der Waals surface area contributed by atoms with Crippen molar-refractivity contribution in [2.45, 2.75) is 46.2 Å². The molecule has 1 rings (SSSR count). The summed E-state index contributed by atoms with van der Waals surface area (Å²) in [6.07, 6.45) is 1.04. The predicted octanol–water partition coefficient (Wildman–Crippen LogP) is 3.53. The molecule has 90 valence electrons. The van der Waals surface area contributed by atoms with Gasteiger partial charge in [-0.25, -0.2) is 0 Å². The van der Waals surface area contributed by atoms with Crippen LogP contribution in [0, 0.1) is 0 Å². The lowest BCUT2D eigenvalue weighted by Crippen LogP contribution is -2.26. The second-order valence-corrected chi connectivity index (χ2v) is 4.43. The highest BCUT2D eigenvalue weighted by molar-refractivity contribution is 5.35. The molecule has 0 aliphatic heterocycles. The molecular formula is C14H23NO. The molecule has 0 spiro atoms. The lowest BCUT2D eigenvalue weighted by molar-refractivity contribution is 0.310. The van der Waals surface area contributed by atoms with E-state index >= 15 is 0 Å². The van der Waals surface area contributed by atoms with Crippen molar-refractivity contribution >= 4 is 0 Å². The summed E-state index contributed by atoms with van der Waals surface area (Å²) in [6, 6.07) is 9.07. The van der Waals surface area contributed by atoms with Crippen molar-refractivity contribution in [1.29, 1.82) is 0 Å². The Kier molecular flexibility index (Phi) is 5.33. The van der Waals surface area contributed by atoms with E-state index in [0.717, 1.165) is 18.8 Å². The van der Waals surface area contributed by atoms with E-state index in [1.165, 1.54) is 5.56 Å². The van der Waals surface area contributed by atoms with Crippen molar-refractivity contribution in [2.75, 3.05) is 6.61 Å². The van der Waals surface area contributed by atoms with E-state index in [1.807, 2.05) is 12.1 Å². The van der Waals surface area contributed by atoms with Crippen LogP contribution in [0.25, 0.3) is 0 Å². The second-order valence-electron chi connectivity index (χ2n) is 4.43. The number of hydrogen-bond acceptors (Lipinski definition) is 2. The standard InChI is InChI=1S/C14H23NO/c1-5-10-16-14-9-7-6-8-13(14)12(4)15-11(2)3/h6-9,11-12,15H,5,10H2,1-4H3. The molecule has 1 atom stereocenters. The summed E-state index contributed by atoms with van der Waals surface area (Å²) in [7, 11) is 0. The third kappa shape index (κ3) is 3.86. The first kappa shape index (κ1) is 13.0. The van der Waals surface area contributed by atoms with Crippen molar-refractivity contribution < 1.29 is 4.74 Å². The Morgan fingerprint density at radius 3 is 2.50 bits per heavy atom. The third-order valence-electron chi connectivity index (χ3n) is 2.43. The van der Waals surface area contributed by atoms with E-state index < -0.39 is 0 Å². The molecule has 0 bridgehead atoms. The van der Waals surface area contributed by atoms with Gasteiger partial charge in [-0.1, -0.05) is 39.0 Å². The number of hydrogen-bond donors (Lipinski definition) is 1. The molecule has 0 saturated carbocycles. The van der Waals surface area contributed by atoms with Crippen molar-refractivity contribution in [3.05, 3.63) is 29.8 Å². The topological polar surface area (TPSA) is 21.3 Å². The molecule has 1 aromatic rings. The Labute approximate surface area is 99.0 Å². The lowest BCUT2D eigenvalue weighted by atomic mass is 10.1. The van der Waals surface area contributed by atoms with Crippen LogP contribution in [0.4, 0.5) is 0 Å². The van der Waals surface area contributed by atoms with Crippen molar-refractivity contribution in [1.82, 2.24) is 5.32 Å². The van der Waals surface area contributed by atoms with Gasteiger partial charge in [0.25, 0.3) is 0 Å². The molecule has 0 radical (unpaired) electrons. The van der Waals surface area contributed by atoms with Gasteiger partial charge >= 0.3 is 0 Å². The van der Waals surface area contributed by atoms with E-state index in [1.54, 1.807) is 0 Å². The molecule has 0 aromatic heterocycles. The van der Waals surface area contributed by atoms with Crippen molar-refractivity contribution in [3.8, 4) is 5.75 Å². The molecule has 2 nitrogen and oxygen atoms in total. The Bertz CT molecular complexity index is 309. The third-order valence-corrected chi connectivity index (χ3v) is 2.43. The van der Waals surface area contributed by atoms with Crippen LogP contribution in [-0.2, 0) is 0 Å². The maximum Gasteiger partial charge on any atom is 0.124 e. The molecule has 1 aromatic carbocycles. The Balaban J connectivity index is 2.76. The maximum atomic E-state index is 5.75. The summed E-state index contributed by atoms with van der Waals surface area (Å²) >= 11 is 0. The molecule has 16 heavy (non-hydrogen) atoms. The molecular weight excluding hydrogens is 198 g/mol. The minimum Gasteiger partial charge on any atom is -0.493 e. The molecule has 1 unspecified atom stereocenters. The van der Waals surface area contributed by atoms with E-state index in [0.29, 0.717) is 12.1 Å². The van der Waals surface area contributed by atoms with Crippen LogP contribution in [0.3, 0.4) is 0 Å². The molecule has 0 aliphatic carbocycles. The van der Waals surface area contributed by atoms with Crippen molar-refractivity contribution in [3.63, 3.8) is 0 Å². The van der Waals surface area contributed by atoms with Gasteiger partial charge < -0.3 is 10.1 Å². The van der Waals surface area contributed by atoms with Crippen LogP contribution < -0.4 is 10.1 Å². The molecule has 2 heteroatoms. The SMILES string of the molecule is CCCOc1ccccc1C(C)NC(C)C. The van der Waals surface area contributed by atoms with Crippen LogP contribution in [-0.4, -0.2) is 12.6 Å². The average molecular weight is 221 g/mol. The predicted molar refractivity (Wildman–Crippen MR) is 68.9 cm³/mol. The zero-order valence-corrected chi connectivity index (χ0v) is 10.8. The molecule has 0 fully saturated rings. The van der Waals surface area contributed by atoms with Crippen LogP contribution >= 0.6 is 0 Å². The summed E-state index contributed by atoms with van der Waals surface area (Å²) in [5, 5.41) is 3.50. The number of rotatable bonds is 6. The highest BCUT2D eigenvalue weighted by Crippen LogP contribution is 2.25. The highest BCUT2D eigenvalue weighted by atomic mass is 16.5. The second kappa shape index (κ2) is 6.54. The molecule has 0 saturated heterocycles. The van der Waals surface area contributed by atoms with E-state index in [4.69, 9.17) is 4.74 Å². The number of para-hydroxylation sites is 1. The monoisotopic (exact) mass is 221 g/mol. The van der Waals surface area contributed by atoms with Crippen LogP contribution in [0.5, 0.6) is 5.75 Å². The van der Waals surface area contributed by atoms with Crippen LogP contribution in [0.2, 0.25) is 0 Å². The summed E-state index contributed by atoms with van der Waals surface area (Å²) in [5.41, 5.74) is 1.24. The fraction of sp³-hybridized carbons (Fsp3) is 0.571. The summed E-state index contributed by atoms with van der Waals surface area (Å²) in [6.45, 7) is 9.40. The first-order valence-corrected chi connectivity index (χ1v) is 6.13. The smallest absolute Gasteiger partial charge is 0.124 e. The quantitative estimate of drug-likeness (QED) is 0.793. The molecule has 0 amide bonds. The molecule has 0 aliphatic rings. The summed E-state index contributed by atoms with van der Waals surface area (Å²) in [5.74, 6) is 1.00. The van der Waals surface area contributed by atoms with Gasteiger partial charge in [0.2, 0.25) is 0 Å². The van der Waals surface area contributed by atoms with Gasteiger partial charge in [0.1, 0.15) is 5.75 Å².